The van der Waals surface area contributed by atoms with Gasteiger partial charge in [0, 0.05) is 30.1 Å². The van der Waals surface area contributed by atoms with Gasteiger partial charge in [0.2, 0.25) is 11.7 Å². The second kappa shape index (κ2) is 9.44. The Morgan fingerprint density at radius 2 is 1.84 bits per heavy atom. The summed E-state index contributed by atoms with van der Waals surface area (Å²) in [5.41, 5.74) is 1.53. The molecule has 128 valence electrons. The van der Waals surface area contributed by atoms with Gasteiger partial charge in [0.25, 0.3) is 0 Å². The molecule has 0 aromatic heterocycles. The van der Waals surface area contributed by atoms with Crippen molar-refractivity contribution in [2.24, 2.45) is 5.92 Å². The highest BCUT2D eigenvalue weighted by Crippen LogP contribution is 2.19. The summed E-state index contributed by atoms with van der Waals surface area (Å²) in [4.78, 5) is 26.4. The maximum absolute atomic E-state index is 12.4. The van der Waals surface area contributed by atoms with Crippen LogP contribution < -0.4 is 0 Å². The maximum atomic E-state index is 12.4. The van der Waals surface area contributed by atoms with Gasteiger partial charge in [-0.2, -0.15) is 0 Å². The molecule has 1 heterocycles. The Kier molecular flexibility index (Phi) is 6.98. The molecule has 0 aliphatic carbocycles. The zero-order chi connectivity index (χ0) is 18.1. The lowest BCUT2D eigenvalue weighted by molar-refractivity contribution is -0.130. The summed E-state index contributed by atoms with van der Waals surface area (Å²) in [6, 6.07) is 9.50. The van der Waals surface area contributed by atoms with E-state index >= 15 is 0 Å². The SMILES string of the molecule is C=C/C=C\C=C(/C)C(=O)N1CCC(C(=O)C#Cc2ccccc2)CC1. The standard InChI is InChI=1S/C22H23NO2/c1-3-4-6-9-18(2)22(25)23-16-14-20(15-17-23)21(24)13-12-19-10-7-5-8-11-19/h3-11,20H,1,14-17H2,2H3/b6-4-,18-9+. The first-order chi connectivity index (χ1) is 12.1. The lowest BCUT2D eigenvalue weighted by Gasteiger charge is -2.30. The van der Waals surface area contributed by atoms with E-state index in [0.717, 1.165) is 5.56 Å². The fourth-order valence-corrected chi connectivity index (χ4v) is 2.70. The molecule has 1 amide bonds. The molecule has 3 nitrogen and oxygen atoms in total. The van der Waals surface area contributed by atoms with E-state index in [1.807, 2.05) is 35.2 Å². The van der Waals surface area contributed by atoms with E-state index in [0.29, 0.717) is 31.5 Å². The number of likely N-dealkylation sites (tertiary alicyclic amines) is 1. The Bertz CT molecular complexity index is 739. The van der Waals surface area contributed by atoms with Gasteiger partial charge in [-0.3, -0.25) is 9.59 Å². The molecule has 0 bridgehead atoms. The fourth-order valence-electron chi connectivity index (χ4n) is 2.70. The summed E-state index contributed by atoms with van der Waals surface area (Å²) < 4.78 is 0. The van der Waals surface area contributed by atoms with Crippen LogP contribution in [0, 0.1) is 17.8 Å². The molecule has 0 saturated carbocycles. The number of hydrogen-bond donors (Lipinski definition) is 0. The summed E-state index contributed by atoms with van der Waals surface area (Å²) in [7, 11) is 0. The number of allylic oxidation sites excluding steroid dienone is 4. The predicted octanol–water partition coefficient (Wildman–Crippen LogP) is 3.53. The van der Waals surface area contributed by atoms with Gasteiger partial charge >= 0.3 is 0 Å². The number of carbonyl (C=O) groups excluding carboxylic acids is 2. The van der Waals surface area contributed by atoms with Crippen LogP contribution >= 0.6 is 0 Å². The van der Waals surface area contributed by atoms with E-state index in [1.165, 1.54) is 0 Å². The Balaban J connectivity index is 1.89. The summed E-state index contributed by atoms with van der Waals surface area (Å²) in [5, 5.41) is 0. The lowest BCUT2D eigenvalue weighted by atomic mass is 9.92. The third-order valence-electron chi connectivity index (χ3n) is 4.19. The molecule has 1 fully saturated rings. The molecule has 3 heteroatoms. The van der Waals surface area contributed by atoms with Gasteiger partial charge in [-0.05, 0) is 37.8 Å². The van der Waals surface area contributed by atoms with Crippen LogP contribution in [-0.2, 0) is 9.59 Å². The molecule has 1 aromatic carbocycles. The minimum absolute atomic E-state index is 0.0231. The number of ketones is 1. The zero-order valence-electron chi connectivity index (χ0n) is 14.6. The third-order valence-corrected chi connectivity index (χ3v) is 4.19. The number of rotatable bonds is 4. The van der Waals surface area contributed by atoms with Crippen molar-refractivity contribution < 1.29 is 9.59 Å². The number of hydrogen-bond acceptors (Lipinski definition) is 2. The van der Waals surface area contributed by atoms with Crippen molar-refractivity contribution in [1.82, 2.24) is 4.90 Å². The van der Waals surface area contributed by atoms with Crippen molar-refractivity contribution in [1.29, 1.82) is 0 Å². The molecule has 0 radical (unpaired) electrons. The summed E-state index contributed by atoms with van der Waals surface area (Å²) in [5.74, 6) is 5.58. The Morgan fingerprint density at radius 3 is 2.48 bits per heavy atom. The summed E-state index contributed by atoms with van der Waals surface area (Å²) >= 11 is 0. The average Bonchev–Trinajstić information content (AvgIpc) is 2.66. The van der Waals surface area contributed by atoms with Crippen molar-refractivity contribution in [2.75, 3.05) is 13.1 Å². The van der Waals surface area contributed by atoms with Crippen LogP contribution in [0.2, 0.25) is 0 Å². The monoisotopic (exact) mass is 333 g/mol. The van der Waals surface area contributed by atoms with E-state index in [4.69, 9.17) is 0 Å². The zero-order valence-corrected chi connectivity index (χ0v) is 14.6. The largest absolute Gasteiger partial charge is 0.339 e. The van der Waals surface area contributed by atoms with Gasteiger partial charge in [-0.15, -0.1) is 0 Å². The Morgan fingerprint density at radius 1 is 1.16 bits per heavy atom. The second-order valence-electron chi connectivity index (χ2n) is 6.02. The van der Waals surface area contributed by atoms with Crippen LogP contribution in [-0.4, -0.2) is 29.7 Å². The highest BCUT2D eigenvalue weighted by Gasteiger charge is 2.26. The quantitative estimate of drug-likeness (QED) is 0.480. The number of piperidine rings is 1. The van der Waals surface area contributed by atoms with Gasteiger partial charge in [0.05, 0.1) is 0 Å². The van der Waals surface area contributed by atoms with Crippen molar-refractivity contribution >= 4 is 11.7 Å². The molecule has 25 heavy (non-hydrogen) atoms. The van der Waals surface area contributed by atoms with Crippen LogP contribution in [0.5, 0.6) is 0 Å². The molecule has 0 spiro atoms. The molecular formula is C22H23NO2. The number of Topliss-reactive ketones (excluding diaryl/α,β-unsaturated/α-hetero) is 1. The number of amides is 1. The van der Waals surface area contributed by atoms with E-state index in [1.54, 1.807) is 31.2 Å². The van der Waals surface area contributed by atoms with Crippen molar-refractivity contribution in [3.63, 3.8) is 0 Å². The average molecular weight is 333 g/mol. The Hall–Kier alpha value is -2.86. The van der Waals surface area contributed by atoms with Crippen molar-refractivity contribution in [2.45, 2.75) is 19.8 Å². The lowest BCUT2D eigenvalue weighted by Crippen LogP contribution is -2.40. The molecule has 0 atom stereocenters. The summed E-state index contributed by atoms with van der Waals surface area (Å²) in [6.07, 6.45) is 8.38. The summed E-state index contributed by atoms with van der Waals surface area (Å²) in [6.45, 7) is 6.59. The number of carbonyl (C=O) groups is 2. The fraction of sp³-hybridized carbons (Fsp3) is 0.273. The minimum atomic E-state index is -0.0785. The molecular weight excluding hydrogens is 310 g/mol. The molecule has 1 aromatic rings. The normalized spacial score (nSPS) is 15.6. The van der Waals surface area contributed by atoms with Crippen molar-refractivity contribution in [3.05, 3.63) is 72.4 Å². The van der Waals surface area contributed by atoms with Crippen LogP contribution in [0.1, 0.15) is 25.3 Å². The van der Waals surface area contributed by atoms with E-state index in [-0.39, 0.29) is 17.6 Å². The van der Waals surface area contributed by atoms with Crippen LogP contribution in [0.25, 0.3) is 0 Å². The van der Waals surface area contributed by atoms with Gasteiger partial charge in [-0.1, -0.05) is 55.0 Å². The predicted molar refractivity (Wildman–Crippen MR) is 101 cm³/mol. The van der Waals surface area contributed by atoms with Crippen molar-refractivity contribution in [3.8, 4) is 11.8 Å². The minimum Gasteiger partial charge on any atom is -0.339 e. The highest BCUT2D eigenvalue weighted by atomic mass is 16.2. The van der Waals surface area contributed by atoms with Gasteiger partial charge in [0.15, 0.2) is 0 Å². The molecule has 1 aliphatic heterocycles. The highest BCUT2D eigenvalue weighted by molar-refractivity contribution is 5.98. The molecule has 0 N–H and O–H groups in total. The van der Waals surface area contributed by atoms with Crippen LogP contribution in [0.15, 0.2) is 66.8 Å². The molecule has 1 aliphatic rings. The number of nitrogens with zero attached hydrogens (tertiary/aromatic N) is 1. The first-order valence-electron chi connectivity index (χ1n) is 8.48. The molecule has 1 saturated heterocycles. The van der Waals surface area contributed by atoms with E-state index in [9.17, 15) is 9.59 Å². The Labute approximate surface area is 149 Å². The first-order valence-corrected chi connectivity index (χ1v) is 8.48. The smallest absolute Gasteiger partial charge is 0.249 e. The molecule has 2 rings (SSSR count). The van der Waals surface area contributed by atoms with Crippen LogP contribution in [0.4, 0.5) is 0 Å². The van der Waals surface area contributed by atoms with Gasteiger partial charge in [0.1, 0.15) is 0 Å². The van der Waals surface area contributed by atoms with Crippen LogP contribution in [0.3, 0.4) is 0 Å². The van der Waals surface area contributed by atoms with Gasteiger partial charge < -0.3 is 4.90 Å². The second-order valence-corrected chi connectivity index (χ2v) is 6.02. The maximum Gasteiger partial charge on any atom is 0.249 e. The number of benzene rings is 1. The first kappa shape index (κ1) is 18.5. The van der Waals surface area contributed by atoms with E-state index in [2.05, 4.69) is 18.4 Å². The molecule has 0 unspecified atom stereocenters. The van der Waals surface area contributed by atoms with Gasteiger partial charge in [-0.25, -0.2) is 0 Å². The van der Waals surface area contributed by atoms with E-state index < -0.39 is 0 Å². The topological polar surface area (TPSA) is 37.4 Å². The third kappa shape index (κ3) is 5.61.